The van der Waals surface area contributed by atoms with E-state index in [2.05, 4.69) is 9.69 Å². The van der Waals surface area contributed by atoms with E-state index in [0.29, 0.717) is 18.7 Å². The molecule has 0 radical (unpaired) electrons. The van der Waals surface area contributed by atoms with Crippen molar-refractivity contribution >= 4 is 28.4 Å². The standard InChI is InChI=1S/C10H15N3O3S/c1-5(3-4-11)8(14)12-9-7(10(15)16)6(2)13-17-9/h5H,3-4,11H2,1-2H3,(H,12,14)(H,15,16). The molecule has 0 saturated heterocycles. The third kappa shape index (κ3) is 3.24. The second kappa shape index (κ2) is 5.74. The van der Waals surface area contributed by atoms with Gasteiger partial charge in [-0.05, 0) is 31.4 Å². The highest BCUT2D eigenvalue weighted by Gasteiger charge is 2.21. The summed E-state index contributed by atoms with van der Waals surface area (Å²) in [5, 5.41) is 11.8. The summed E-state index contributed by atoms with van der Waals surface area (Å²) in [6.45, 7) is 3.76. The van der Waals surface area contributed by atoms with Crippen LogP contribution in [0.1, 0.15) is 29.4 Å². The third-order valence-electron chi connectivity index (χ3n) is 2.36. The Kier molecular flexibility index (Phi) is 4.59. The van der Waals surface area contributed by atoms with Crippen molar-refractivity contribution in [3.63, 3.8) is 0 Å². The number of nitrogens with one attached hydrogen (secondary N) is 1. The topological polar surface area (TPSA) is 105 Å². The van der Waals surface area contributed by atoms with Gasteiger partial charge in [0, 0.05) is 5.92 Å². The zero-order chi connectivity index (χ0) is 13.0. The van der Waals surface area contributed by atoms with Crippen LogP contribution in [0.3, 0.4) is 0 Å². The van der Waals surface area contributed by atoms with Crippen LogP contribution in [0.4, 0.5) is 5.00 Å². The van der Waals surface area contributed by atoms with Gasteiger partial charge in [0.1, 0.15) is 10.6 Å². The molecule has 0 bridgehead atoms. The number of carbonyl (C=O) groups excluding carboxylic acids is 1. The Hall–Kier alpha value is -1.47. The van der Waals surface area contributed by atoms with E-state index in [9.17, 15) is 9.59 Å². The first kappa shape index (κ1) is 13.6. The number of nitrogens with two attached hydrogens (primary N) is 1. The van der Waals surface area contributed by atoms with E-state index in [1.807, 2.05) is 0 Å². The quantitative estimate of drug-likeness (QED) is 0.731. The Morgan fingerprint density at radius 2 is 2.24 bits per heavy atom. The van der Waals surface area contributed by atoms with Crippen molar-refractivity contribution in [2.45, 2.75) is 20.3 Å². The van der Waals surface area contributed by atoms with E-state index in [4.69, 9.17) is 10.8 Å². The highest BCUT2D eigenvalue weighted by molar-refractivity contribution is 7.11. The number of carbonyl (C=O) groups is 2. The molecule has 1 atom stereocenters. The Morgan fingerprint density at radius 3 is 2.76 bits per heavy atom. The fraction of sp³-hybridized carbons (Fsp3) is 0.500. The molecule has 6 nitrogen and oxygen atoms in total. The van der Waals surface area contributed by atoms with E-state index in [-0.39, 0.29) is 22.4 Å². The third-order valence-corrected chi connectivity index (χ3v) is 3.21. The zero-order valence-electron chi connectivity index (χ0n) is 9.69. The first-order valence-electron chi connectivity index (χ1n) is 5.17. The van der Waals surface area contributed by atoms with Gasteiger partial charge in [0.15, 0.2) is 0 Å². The highest BCUT2D eigenvalue weighted by Crippen LogP contribution is 2.25. The van der Waals surface area contributed by atoms with Crippen LogP contribution in [-0.4, -0.2) is 27.9 Å². The number of rotatable bonds is 5. The number of aromatic carboxylic acids is 1. The van der Waals surface area contributed by atoms with Crippen molar-refractivity contribution < 1.29 is 14.7 Å². The minimum absolute atomic E-state index is 0.0586. The summed E-state index contributed by atoms with van der Waals surface area (Å²) in [5.41, 5.74) is 5.82. The second-order valence-electron chi connectivity index (χ2n) is 3.74. The van der Waals surface area contributed by atoms with Crippen LogP contribution >= 0.6 is 11.5 Å². The van der Waals surface area contributed by atoms with Crippen molar-refractivity contribution in [2.24, 2.45) is 11.7 Å². The second-order valence-corrected chi connectivity index (χ2v) is 4.52. The molecule has 0 fully saturated rings. The number of aryl methyl sites for hydroxylation is 1. The average molecular weight is 257 g/mol. The smallest absolute Gasteiger partial charge is 0.340 e. The minimum atomic E-state index is -1.09. The van der Waals surface area contributed by atoms with Gasteiger partial charge in [-0.3, -0.25) is 4.79 Å². The molecule has 1 aromatic heterocycles. The summed E-state index contributed by atoms with van der Waals surface area (Å²) >= 11 is 0.974. The van der Waals surface area contributed by atoms with Crippen LogP contribution in [0.25, 0.3) is 0 Å². The molecule has 0 aromatic carbocycles. The van der Waals surface area contributed by atoms with Crippen LogP contribution in [0.5, 0.6) is 0 Å². The first-order chi connectivity index (χ1) is 7.97. The maximum absolute atomic E-state index is 11.7. The first-order valence-corrected chi connectivity index (χ1v) is 5.95. The van der Waals surface area contributed by atoms with Crippen LogP contribution < -0.4 is 11.1 Å². The van der Waals surface area contributed by atoms with Crippen molar-refractivity contribution in [1.29, 1.82) is 0 Å². The van der Waals surface area contributed by atoms with Crippen molar-refractivity contribution in [3.05, 3.63) is 11.3 Å². The SMILES string of the molecule is Cc1nsc(NC(=O)C(C)CCN)c1C(=O)O. The van der Waals surface area contributed by atoms with Crippen LogP contribution in [0.15, 0.2) is 0 Å². The lowest BCUT2D eigenvalue weighted by Gasteiger charge is -2.09. The number of amides is 1. The molecule has 1 heterocycles. The summed E-state index contributed by atoms with van der Waals surface area (Å²) in [4.78, 5) is 22.7. The Bertz CT molecular complexity index is 430. The monoisotopic (exact) mass is 257 g/mol. The van der Waals surface area contributed by atoms with E-state index < -0.39 is 5.97 Å². The number of hydrogen-bond acceptors (Lipinski definition) is 5. The molecule has 1 unspecified atom stereocenters. The van der Waals surface area contributed by atoms with Gasteiger partial charge in [0.05, 0.1) is 5.69 Å². The lowest BCUT2D eigenvalue weighted by molar-refractivity contribution is -0.119. The van der Waals surface area contributed by atoms with Gasteiger partial charge >= 0.3 is 5.97 Å². The fourth-order valence-corrected chi connectivity index (χ4v) is 2.12. The number of nitrogens with zero attached hydrogens (tertiary/aromatic N) is 1. The predicted molar refractivity (Wildman–Crippen MR) is 65.3 cm³/mol. The lowest BCUT2D eigenvalue weighted by atomic mass is 10.1. The number of carboxylic acid groups (broad SMARTS) is 1. The van der Waals surface area contributed by atoms with Gasteiger partial charge < -0.3 is 16.2 Å². The summed E-state index contributed by atoms with van der Waals surface area (Å²) in [7, 11) is 0. The van der Waals surface area contributed by atoms with Gasteiger partial charge in [-0.2, -0.15) is 4.37 Å². The number of hydrogen-bond donors (Lipinski definition) is 3. The molecule has 1 rings (SSSR count). The molecular weight excluding hydrogens is 242 g/mol. The zero-order valence-corrected chi connectivity index (χ0v) is 10.5. The Morgan fingerprint density at radius 1 is 1.59 bits per heavy atom. The van der Waals surface area contributed by atoms with Gasteiger partial charge in [-0.1, -0.05) is 6.92 Å². The normalized spacial score (nSPS) is 12.2. The molecule has 0 aliphatic carbocycles. The summed E-state index contributed by atoms with van der Waals surface area (Å²) in [6.07, 6.45) is 0.562. The molecule has 94 valence electrons. The summed E-state index contributed by atoms with van der Waals surface area (Å²) in [6, 6.07) is 0. The van der Waals surface area contributed by atoms with Gasteiger partial charge in [-0.15, -0.1) is 0 Å². The molecule has 7 heteroatoms. The van der Waals surface area contributed by atoms with E-state index >= 15 is 0 Å². The fourth-order valence-electron chi connectivity index (χ4n) is 1.32. The van der Waals surface area contributed by atoms with Crippen LogP contribution in [0, 0.1) is 12.8 Å². The van der Waals surface area contributed by atoms with Gasteiger partial charge in [0.2, 0.25) is 5.91 Å². The Labute approximate surface area is 103 Å². The molecule has 17 heavy (non-hydrogen) atoms. The largest absolute Gasteiger partial charge is 0.478 e. The number of anilines is 1. The molecule has 1 amide bonds. The van der Waals surface area contributed by atoms with E-state index in [1.54, 1.807) is 13.8 Å². The molecule has 0 aliphatic heterocycles. The summed E-state index contributed by atoms with van der Waals surface area (Å²) in [5.74, 6) is -1.57. The minimum Gasteiger partial charge on any atom is -0.478 e. The van der Waals surface area contributed by atoms with E-state index in [1.165, 1.54) is 0 Å². The Balaban J connectivity index is 2.82. The van der Waals surface area contributed by atoms with Crippen molar-refractivity contribution in [2.75, 3.05) is 11.9 Å². The molecule has 0 aliphatic rings. The van der Waals surface area contributed by atoms with Gasteiger partial charge in [-0.25, -0.2) is 4.79 Å². The lowest BCUT2D eigenvalue weighted by Crippen LogP contribution is -2.23. The predicted octanol–water partition coefficient (Wildman–Crippen LogP) is 1.07. The number of carboxylic acids is 1. The van der Waals surface area contributed by atoms with Gasteiger partial charge in [0.25, 0.3) is 0 Å². The maximum atomic E-state index is 11.7. The van der Waals surface area contributed by atoms with Crippen molar-refractivity contribution in [3.8, 4) is 0 Å². The van der Waals surface area contributed by atoms with Crippen molar-refractivity contribution in [1.82, 2.24) is 4.37 Å². The maximum Gasteiger partial charge on any atom is 0.340 e. The van der Waals surface area contributed by atoms with Crippen LogP contribution in [-0.2, 0) is 4.79 Å². The molecular formula is C10H15N3O3S. The molecule has 4 N–H and O–H groups in total. The van der Waals surface area contributed by atoms with E-state index in [0.717, 1.165) is 11.5 Å². The highest BCUT2D eigenvalue weighted by atomic mass is 32.1. The molecule has 0 spiro atoms. The summed E-state index contributed by atoms with van der Waals surface area (Å²) < 4.78 is 3.92. The molecule has 0 saturated carbocycles. The van der Waals surface area contributed by atoms with Crippen LogP contribution in [0.2, 0.25) is 0 Å². The molecule has 1 aromatic rings. The average Bonchev–Trinajstić information content (AvgIpc) is 2.60. The number of aromatic nitrogens is 1.